The summed E-state index contributed by atoms with van der Waals surface area (Å²) in [5.74, 6) is -0.873. The number of nitrogens with two attached hydrogens (primary N) is 2. The Labute approximate surface area is 80.3 Å². The van der Waals surface area contributed by atoms with E-state index in [4.69, 9.17) is 11.5 Å². The molecule has 0 aliphatic carbocycles. The minimum Gasteiger partial charge on any atom is -0.375 e. The molecule has 1 atom stereocenters. The van der Waals surface area contributed by atoms with Gasteiger partial charge in [0.15, 0.2) is 5.13 Å². The standard InChI is InChI=1S/C8H11N3OS/c1-2-3-5(7(9)12)6-4-13-8(10)11-6/h2-5H,1H3,(H2,9,12)(H2,10,11). The van der Waals surface area contributed by atoms with E-state index in [9.17, 15) is 4.79 Å². The Bertz CT molecular complexity index is 332. The van der Waals surface area contributed by atoms with Crippen molar-refractivity contribution in [2.75, 3.05) is 5.73 Å². The molecule has 0 spiro atoms. The van der Waals surface area contributed by atoms with Crippen LogP contribution in [0.5, 0.6) is 0 Å². The number of anilines is 1. The van der Waals surface area contributed by atoms with Gasteiger partial charge in [0.2, 0.25) is 5.91 Å². The molecule has 0 saturated heterocycles. The Morgan fingerprint density at radius 3 is 2.85 bits per heavy atom. The highest BCUT2D eigenvalue weighted by Crippen LogP contribution is 2.20. The lowest BCUT2D eigenvalue weighted by atomic mass is 10.1. The second-order valence-corrected chi connectivity index (χ2v) is 3.41. The Morgan fingerprint density at radius 2 is 2.46 bits per heavy atom. The normalized spacial score (nSPS) is 13.3. The number of hydrogen-bond donors (Lipinski definition) is 2. The summed E-state index contributed by atoms with van der Waals surface area (Å²) in [5.41, 5.74) is 11.3. The SMILES string of the molecule is CC=CC(C(N)=O)c1csc(N)n1. The van der Waals surface area contributed by atoms with Crippen LogP contribution in [-0.4, -0.2) is 10.9 Å². The van der Waals surface area contributed by atoms with Crippen molar-refractivity contribution in [1.82, 2.24) is 4.98 Å². The number of carbonyl (C=O) groups excluding carboxylic acids is 1. The Hall–Kier alpha value is -1.36. The molecule has 1 unspecified atom stereocenters. The summed E-state index contributed by atoms with van der Waals surface area (Å²) in [6.45, 7) is 1.83. The van der Waals surface area contributed by atoms with Gasteiger partial charge in [-0.1, -0.05) is 12.2 Å². The van der Waals surface area contributed by atoms with E-state index in [0.29, 0.717) is 10.8 Å². The average molecular weight is 197 g/mol. The molecule has 4 nitrogen and oxygen atoms in total. The number of nitrogen functional groups attached to an aromatic ring is 1. The van der Waals surface area contributed by atoms with Crippen molar-refractivity contribution >= 4 is 22.4 Å². The van der Waals surface area contributed by atoms with Crippen molar-refractivity contribution in [1.29, 1.82) is 0 Å². The minimum absolute atomic E-state index is 0.414. The molecule has 1 heterocycles. The average Bonchev–Trinajstić information content (AvgIpc) is 2.46. The maximum atomic E-state index is 11.0. The number of primary amides is 1. The van der Waals surface area contributed by atoms with E-state index in [-0.39, 0.29) is 0 Å². The molecular formula is C8H11N3OS. The first kappa shape index (κ1) is 9.73. The Kier molecular flexibility index (Phi) is 3.02. The predicted octanol–water partition coefficient (Wildman–Crippen LogP) is 0.870. The van der Waals surface area contributed by atoms with Gasteiger partial charge in [-0.3, -0.25) is 4.79 Å². The Morgan fingerprint density at radius 1 is 1.77 bits per heavy atom. The van der Waals surface area contributed by atoms with Crippen molar-refractivity contribution in [2.45, 2.75) is 12.8 Å². The third-order valence-electron chi connectivity index (χ3n) is 1.55. The van der Waals surface area contributed by atoms with E-state index < -0.39 is 11.8 Å². The summed E-state index contributed by atoms with van der Waals surface area (Å²) >= 11 is 1.30. The topological polar surface area (TPSA) is 82.0 Å². The highest BCUT2D eigenvalue weighted by molar-refractivity contribution is 7.13. The van der Waals surface area contributed by atoms with Gasteiger partial charge in [-0.25, -0.2) is 4.98 Å². The largest absolute Gasteiger partial charge is 0.375 e. The fraction of sp³-hybridized carbons (Fsp3) is 0.250. The number of allylic oxidation sites excluding steroid dienone is 1. The summed E-state index contributed by atoms with van der Waals surface area (Å²) in [6, 6.07) is 0. The summed E-state index contributed by atoms with van der Waals surface area (Å²) in [5, 5.41) is 2.19. The molecule has 0 aliphatic rings. The number of amides is 1. The molecule has 0 aliphatic heterocycles. The highest BCUT2D eigenvalue weighted by Gasteiger charge is 2.16. The second-order valence-electron chi connectivity index (χ2n) is 2.52. The van der Waals surface area contributed by atoms with Gasteiger partial charge in [0, 0.05) is 5.38 Å². The molecule has 0 bridgehead atoms. The molecule has 1 aromatic heterocycles. The van der Waals surface area contributed by atoms with E-state index in [0.717, 1.165) is 0 Å². The molecule has 0 aromatic carbocycles. The van der Waals surface area contributed by atoms with Crippen molar-refractivity contribution in [3.8, 4) is 0 Å². The van der Waals surface area contributed by atoms with Crippen LogP contribution in [0.3, 0.4) is 0 Å². The third-order valence-corrected chi connectivity index (χ3v) is 2.24. The molecule has 5 heteroatoms. The molecule has 0 fully saturated rings. The van der Waals surface area contributed by atoms with Crippen molar-refractivity contribution in [2.24, 2.45) is 5.73 Å². The smallest absolute Gasteiger partial charge is 0.230 e. The van der Waals surface area contributed by atoms with Gasteiger partial charge in [0.25, 0.3) is 0 Å². The van der Waals surface area contributed by atoms with Crippen LogP contribution >= 0.6 is 11.3 Å². The summed E-state index contributed by atoms with van der Waals surface area (Å²) in [7, 11) is 0. The van der Waals surface area contributed by atoms with Gasteiger partial charge in [-0.15, -0.1) is 11.3 Å². The van der Waals surface area contributed by atoms with Gasteiger partial charge in [-0.2, -0.15) is 0 Å². The lowest BCUT2D eigenvalue weighted by molar-refractivity contribution is -0.118. The fourth-order valence-corrected chi connectivity index (χ4v) is 1.57. The molecular weight excluding hydrogens is 186 g/mol. The lowest BCUT2D eigenvalue weighted by Gasteiger charge is -2.03. The zero-order chi connectivity index (χ0) is 9.84. The summed E-state index contributed by atoms with van der Waals surface area (Å²) in [4.78, 5) is 15.0. The van der Waals surface area contributed by atoms with Crippen LogP contribution in [0.15, 0.2) is 17.5 Å². The van der Waals surface area contributed by atoms with Gasteiger partial charge in [-0.05, 0) is 6.92 Å². The van der Waals surface area contributed by atoms with E-state index in [1.807, 2.05) is 6.92 Å². The van der Waals surface area contributed by atoms with Gasteiger partial charge >= 0.3 is 0 Å². The molecule has 0 saturated carbocycles. The predicted molar refractivity (Wildman–Crippen MR) is 53.3 cm³/mol. The molecule has 13 heavy (non-hydrogen) atoms. The quantitative estimate of drug-likeness (QED) is 0.705. The van der Waals surface area contributed by atoms with E-state index in [1.54, 1.807) is 17.5 Å². The maximum Gasteiger partial charge on any atom is 0.230 e. The first-order valence-corrected chi connectivity index (χ1v) is 4.66. The number of carbonyl (C=O) groups is 1. The van der Waals surface area contributed by atoms with E-state index in [2.05, 4.69) is 4.98 Å². The molecule has 4 N–H and O–H groups in total. The van der Waals surface area contributed by atoms with Gasteiger partial charge in [0.05, 0.1) is 11.6 Å². The van der Waals surface area contributed by atoms with Gasteiger partial charge in [0.1, 0.15) is 0 Å². The van der Waals surface area contributed by atoms with E-state index >= 15 is 0 Å². The van der Waals surface area contributed by atoms with Crippen LogP contribution in [0.25, 0.3) is 0 Å². The van der Waals surface area contributed by atoms with Gasteiger partial charge < -0.3 is 11.5 Å². The molecule has 0 radical (unpaired) electrons. The zero-order valence-corrected chi connectivity index (χ0v) is 8.04. The van der Waals surface area contributed by atoms with Crippen LogP contribution in [0.4, 0.5) is 5.13 Å². The zero-order valence-electron chi connectivity index (χ0n) is 7.23. The number of nitrogens with zero attached hydrogens (tertiary/aromatic N) is 1. The van der Waals surface area contributed by atoms with E-state index in [1.165, 1.54) is 11.3 Å². The van der Waals surface area contributed by atoms with Crippen LogP contribution in [0.2, 0.25) is 0 Å². The van der Waals surface area contributed by atoms with Crippen molar-refractivity contribution < 1.29 is 4.79 Å². The highest BCUT2D eigenvalue weighted by atomic mass is 32.1. The monoisotopic (exact) mass is 197 g/mol. The van der Waals surface area contributed by atoms with Crippen LogP contribution in [0, 0.1) is 0 Å². The molecule has 70 valence electrons. The van der Waals surface area contributed by atoms with Crippen LogP contribution in [0.1, 0.15) is 18.5 Å². The van der Waals surface area contributed by atoms with Crippen LogP contribution < -0.4 is 11.5 Å². The summed E-state index contributed by atoms with van der Waals surface area (Å²) in [6.07, 6.45) is 3.47. The lowest BCUT2D eigenvalue weighted by Crippen LogP contribution is -2.20. The first-order valence-electron chi connectivity index (χ1n) is 3.78. The number of hydrogen-bond acceptors (Lipinski definition) is 4. The van der Waals surface area contributed by atoms with Crippen molar-refractivity contribution in [3.63, 3.8) is 0 Å². The maximum absolute atomic E-state index is 11.0. The number of rotatable bonds is 3. The minimum atomic E-state index is -0.460. The Balaban J connectivity index is 2.94. The first-order chi connectivity index (χ1) is 6.15. The number of aromatic nitrogens is 1. The third kappa shape index (κ3) is 2.29. The molecule has 1 rings (SSSR count). The number of thiazole rings is 1. The fourth-order valence-electron chi connectivity index (χ4n) is 0.975. The second kappa shape index (κ2) is 4.04. The molecule has 1 amide bonds. The van der Waals surface area contributed by atoms with Crippen molar-refractivity contribution in [3.05, 3.63) is 23.2 Å². The molecule has 1 aromatic rings. The summed E-state index contributed by atoms with van der Waals surface area (Å²) < 4.78 is 0. The van der Waals surface area contributed by atoms with Crippen LogP contribution in [-0.2, 0) is 4.79 Å².